The fourth-order valence-corrected chi connectivity index (χ4v) is 1.36. The molecule has 0 spiro atoms. The third-order valence-electron chi connectivity index (χ3n) is 1.72. The number of benzene rings is 1. The lowest BCUT2D eigenvalue weighted by Gasteiger charge is -2.11. The van der Waals surface area contributed by atoms with E-state index in [1.54, 1.807) is 0 Å². The Bertz CT molecular complexity index is 351. The highest BCUT2D eigenvalue weighted by Gasteiger charge is 2.09. The van der Waals surface area contributed by atoms with Crippen LogP contribution < -0.4 is 5.32 Å². The lowest BCUT2D eigenvalue weighted by Crippen LogP contribution is -2.21. The summed E-state index contributed by atoms with van der Waals surface area (Å²) in [7, 11) is 0. The zero-order chi connectivity index (χ0) is 11.4. The molecule has 1 atom stereocenters. The second-order valence-corrected chi connectivity index (χ2v) is 4.10. The van der Waals surface area contributed by atoms with Crippen molar-refractivity contribution in [1.29, 1.82) is 0 Å². The topological polar surface area (TPSA) is 32.3 Å². The Labute approximate surface area is 99.4 Å². The Morgan fingerprint density at radius 2 is 2.07 bits per heavy atom. The van der Waals surface area contributed by atoms with Crippen LogP contribution in [0, 0.1) is 11.6 Å². The van der Waals surface area contributed by atoms with Gasteiger partial charge in [-0.05, 0) is 22.0 Å². The van der Waals surface area contributed by atoms with E-state index in [0.717, 1.165) is 12.1 Å². The van der Waals surface area contributed by atoms with Gasteiger partial charge in [-0.1, -0.05) is 0 Å². The number of aliphatic hydroxyl groups is 1. The summed E-state index contributed by atoms with van der Waals surface area (Å²) in [5.74, 6) is -1.13. The molecule has 84 valence electrons. The van der Waals surface area contributed by atoms with Gasteiger partial charge in [0.2, 0.25) is 0 Å². The van der Waals surface area contributed by atoms with Gasteiger partial charge in [0.05, 0.1) is 22.1 Å². The second-order valence-electron chi connectivity index (χ2n) is 2.94. The number of anilines is 1. The molecule has 0 radical (unpaired) electrons. The molecule has 1 rings (SSSR count). The van der Waals surface area contributed by atoms with E-state index in [9.17, 15) is 8.78 Å². The maximum Gasteiger partial charge on any atom is 0.147 e. The van der Waals surface area contributed by atoms with Crippen molar-refractivity contribution in [3.05, 3.63) is 28.2 Å². The molecule has 6 heteroatoms. The number of aliphatic hydroxyl groups excluding tert-OH is 1. The Hall–Kier alpha value is -0.390. The Morgan fingerprint density at radius 1 is 1.40 bits per heavy atom. The summed E-state index contributed by atoms with van der Waals surface area (Å²) >= 11 is 8.21. The monoisotopic (exact) mass is 299 g/mol. The number of halogens is 4. The number of hydrogen-bond acceptors (Lipinski definition) is 2. The van der Waals surface area contributed by atoms with Crippen molar-refractivity contribution in [2.45, 2.75) is 6.10 Å². The first-order chi connectivity index (χ1) is 7.04. The molecule has 0 aromatic heterocycles. The highest BCUT2D eigenvalue weighted by Crippen LogP contribution is 2.23. The van der Waals surface area contributed by atoms with Crippen LogP contribution in [-0.4, -0.2) is 23.6 Å². The highest BCUT2D eigenvalue weighted by atomic mass is 79.9. The van der Waals surface area contributed by atoms with E-state index in [1.807, 2.05) is 0 Å². The summed E-state index contributed by atoms with van der Waals surface area (Å²) in [6, 6.07) is 2.03. The molecule has 15 heavy (non-hydrogen) atoms. The average Bonchev–Trinajstić information content (AvgIpc) is 2.21. The van der Waals surface area contributed by atoms with Crippen molar-refractivity contribution in [3.8, 4) is 0 Å². The maximum atomic E-state index is 13.2. The Morgan fingerprint density at radius 3 is 2.67 bits per heavy atom. The van der Waals surface area contributed by atoms with E-state index in [2.05, 4.69) is 21.2 Å². The van der Waals surface area contributed by atoms with Gasteiger partial charge >= 0.3 is 0 Å². The predicted octanol–water partition coefficient (Wildman–Crippen LogP) is 2.74. The van der Waals surface area contributed by atoms with E-state index in [4.69, 9.17) is 16.7 Å². The Kier molecular flexibility index (Phi) is 4.76. The Balaban J connectivity index is 2.73. The molecule has 2 N–H and O–H groups in total. The van der Waals surface area contributed by atoms with Crippen LogP contribution in [0.25, 0.3) is 0 Å². The van der Waals surface area contributed by atoms with Gasteiger partial charge in [0, 0.05) is 12.6 Å². The summed E-state index contributed by atoms with van der Waals surface area (Å²) in [6.45, 7) is 0.0709. The van der Waals surface area contributed by atoms with Gasteiger partial charge in [-0.2, -0.15) is 0 Å². The van der Waals surface area contributed by atoms with Crippen LogP contribution in [0.1, 0.15) is 0 Å². The molecule has 0 aliphatic carbocycles. The molecule has 0 amide bonds. The highest BCUT2D eigenvalue weighted by molar-refractivity contribution is 9.10. The quantitative estimate of drug-likeness (QED) is 0.662. The molecule has 0 saturated carbocycles. The first-order valence-corrected chi connectivity index (χ1v) is 5.49. The van der Waals surface area contributed by atoms with Crippen LogP contribution in [0.2, 0.25) is 0 Å². The van der Waals surface area contributed by atoms with Crippen molar-refractivity contribution in [2.24, 2.45) is 0 Å². The van der Waals surface area contributed by atoms with Gasteiger partial charge in [0.15, 0.2) is 0 Å². The summed E-state index contributed by atoms with van der Waals surface area (Å²) in [5, 5.41) is 11.7. The third-order valence-corrected chi connectivity index (χ3v) is 2.68. The molecule has 2 nitrogen and oxygen atoms in total. The van der Waals surface area contributed by atoms with E-state index >= 15 is 0 Å². The predicted molar refractivity (Wildman–Crippen MR) is 59.3 cm³/mol. The van der Waals surface area contributed by atoms with Gasteiger partial charge in [0.25, 0.3) is 0 Å². The molecular formula is C9H9BrClF2NO. The van der Waals surface area contributed by atoms with Crippen LogP contribution in [0.15, 0.2) is 16.6 Å². The second kappa shape index (κ2) is 5.63. The molecule has 0 fully saturated rings. The molecular weight excluding hydrogens is 291 g/mol. The van der Waals surface area contributed by atoms with E-state index in [-0.39, 0.29) is 22.6 Å². The minimum atomic E-state index is -0.794. The normalized spacial score (nSPS) is 12.6. The van der Waals surface area contributed by atoms with Crippen LogP contribution in [0.3, 0.4) is 0 Å². The molecule has 0 bridgehead atoms. The van der Waals surface area contributed by atoms with Gasteiger partial charge in [-0.3, -0.25) is 0 Å². The van der Waals surface area contributed by atoms with Gasteiger partial charge in [0.1, 0.15) is 11.6 Å². The third kappa shape index (κ3) is 3.59. The molecule has 0 aliphatic heterocycles. The fourth-order valence-electron chi connectivity index (χ4n) is 0.940. The molecule has 1 aromatic rings. The zero-order valence-electron chi connectivity index (χ0n) is 7.61. The summed E-state index contributed by atoms with van der Waals surface area (Å²) < 4.78 is 26.3. The van der Waals surface area contributed by atoms with Crippen LogP contribution in [0.5, 0.6) is 0 Å². The van der Waals surface area contributed by atoms with Crippen LogP contribution in [-0.2, 0) is 0 Å². The van der Waals surface area contributed by atoms with Crippen LogP contribution in [0.4, 0.5) is 14.5 Å². The van der Waals surface area contributed by atoms with Gasteiger partial charge in [-0.25, -0.2) is 8.78 Å². The summed E-state index contributed by atoms with van der Waals surface area (Å²) in [6.07, 6.45) is -0.794. The molecule has 0 aliphatic rings. The van der Waals surface area contributed by atoms with Crippen molar-refractivity contribution < 1.29 is 13.9 Å². The molecule has 1 aromatic carbocycles. The van der Waals surface area contributed by atoms with Crippen molar-refractivity contribution in [2.75, 3.05) is 17.7 Å². The maximum absolute atomic E-state index is 13.2. The number of alkyl halides is 1. The molecule has 0 heterocycles. The van der Waals surface area contributed by atoms with Gasteiger partial charge < -0.3 is 10.4 Å². The fraction of sp³-hybridized carbons (Fsp3) is 0.333. The minimum absolute atomic E-state index is 0.000123. The van der Waals surface area contributed by atoms with Crippen molar-refractivity contribution >= 4 is 33.2 Å². The van der Waals surface area contributed by atoms with E-state index < -0.39 is 17.7 Å². The lowest BCUT2D eigenvalue weighted by molar-refractivity contribution is 0.211. The SMILES string of the molecule is OC(CCl)CNc1cc(F)c(Br)cc1F. The van der Waals surface area contributed by atoms with Crippen LogP contribution >= 0.6 is 27.5 Å². The van der Waals surface area contributed by atoms with E-state index in [1.165, 1.54) is 0 Å². The summed E-state index contributed by atoms with van der Waals surface area (Å²) in [4.78, 5) is 0. The van der Waals surface area contributed by atoms with Crippen molar-refractivity contribution in [1.82, 2.24) is 0 Å². The first kappa shape index (κ1) is 12.7. The minimum Gasteiger partial charge on any atom is -0.390 e. The first-order valence-electron chi connectivity index (χ1n) is 4.17. The number of rotatable bonds is 4. The number of nitrogens with one attached hydrogen (secondary N) is 1. The number of hydrogen-bond donors (Lipinski definition) is 2. The zero-order valence-corrected chi connectivity index (χ0v) is 9.95. The summed E-state index contributed by atoms with van der Waals surface area (Å²) in [5.41, 5.74) is -0.000123. The standard InChI is InChI=1S/C9H9BrClF2NO/c10-6-1-8(13)9(2-7(6)12)14-4-5(15)3-11/h1-2,5,14-15H,3-4H2. The largest absolute Gasteiger partial charge is 0.390 e. The smallest absolute Gasteiger partial charge is 0.147 e. The molecule has 1 unspecified atom stereocenters. The average molecular weight is 301 g/mol. The lowest BCUT2D eigenvalue weighted by atomic mass is 10.3. The molecule has 0 saturated heterocycles. The van der Waals surface area contributed by atoms with E-state index in [0.29, 0.717) is 0 Å². The van der Waals surface area contributed by atoms with Gasteiger partial charge in [-0.15, -0.1) is 11.6 Å². The van der Waals surface area contributed by atoms with Crippen molar-refractivity contribution in [3.63, 3.8) is 0 Å².